The van der Waals surface area contributed by atoms with E-state index in [-0.39, 0.29) is 33.2 Å². The second-order valence-electron chi connectivity index (χ2n) is 20.1. The molecular formula is C44H64O6. The van der Waals surface area contributed by atoms with Gasteiger partial charge in [0.1, 0.15) is 34.0 Å². The number of allylic oxidation sites excluding steroid dienone is 2. The predicted octanol–water partition coefficient (Wildman–Crippen LogP) is 8.89. The van der Waals surface area contributed by atoms with Gasteiger partial charge in [-0.3, -0.25) is 9.59 Å². The number of carbonyl (C=O) groups excluding carboxylic acids is 2. The summed E-state index contributed by atoms with van der Waals surface area (Å²) in [6.45, 7) is 11.7. The Morgan fingerprint density at radius 3 is 1.44 bits per heavy atom. The van der Waals surface area contributed by atoms with Crippen LogP contribution in [0.1, 0.15) is 143 Å². The maximum absolute atomic E-state index is 12.0. The predicted molar refractivity (Wildman–Crippen MR) is 193 cm³/mol. The molecule has 10 rings (SSSR count). The lowest BCUT2D eigenvalue weighted by molar-refractivity contribution is -0.122. The van der Waals surface area contributed by atoms with Gasteiger partial charge >= 0.3 is 0 Å². The third kappa shape index (κ3) is 4.29. The Kier molecular flexibility index (Phi) is 7.65. The Bertz CT molecular complexity index is 1410. The van der Waals surface area contributed by atoms with E-state index in [1.165, 1.54) is 51.4 Å². The maximum atomic E-state index is 12.0. The van der Waals surface area contributed by atoms with Gasteiger partial charge in [-0.05, 0) is 134 Å². The fourth-order valence-electron chi connectivity index (χ4n) is 15.1. The molecule has 0 N–H and O–H groups in total. The highest BCUT2D eigenvalue weighted by atomic mass is 16.6. The molecule has 0 unspecified atom stereocenters. The molecule has 0 radical (unpaired) electrons. The van der Waals surface area contributed by atoms with Gasteiger partial charge in [-0.1, -0.05) is 52.7 Å². The fourth-order valence-corrected chi connectivity index (χ4v) is 15.1. The summed E-state index contributed by atoms with van der Waals surface area (Å²) in [5, 5.41) is 0. The maximum Gasteiger partial charge on any atom is 0.136 e. The minimum absolute atomic E-state index is 0.0553. The first-order chi connectivity index (χ1) is 23.8. The molecule has 2 saturated heterocycles. The molecule has 0 spiro atoms. The molecule has 0 aromatic rings. The van der Waals surface area contributed by atoms with Gasteiger partial charge in [0.25, 0.3) is 0 Å². The van der Waals surface area contributed by atoms with Crippen molar-refractivity contribution in [3.05, 3.63) is 23.3 Å². The Labute approximate surface area is 301 Å². The van der Waals surface area contributed by atoms with Gasteiger partial charge in [-0.2, -0.15) is 0 Å². The first-order valence-electron chi connectivity index (χ1n) is 20.6. The van der Waals surface area contributed by atoms with Gasteiger partial charge in [0.05, 0.1) is 13.2 Å². The summed E-state index contributed by atoms with van der Waals surface area (Å²) in [4.78, 5) is 24.1. The molecule has 6 nitrogen and oxygen atoms in total. The topological polar surface area (TPSA) is 77.7 Å². The average Bonchev–Trinajstić information content (AvgIpc) is 3.96. The van der Waals surface area contributed by atoms with Crippen molar-refractivity contribution in [2.45, 2.75) is 166 Å². The van der Waals surface area contributed by atoms with Crippen LogP contribution < -0.4 is 0 Å². The molecule has 8 aliphatic carbocycles. The number of methoxy groups -OCH3 is 2. The molecule has 0 aromatic heterocycles. The molecule has 50 heavy (non-hydrogen) atoms. The Balaban J connectivity index is 0.000000135. The smallest absolute Gasteiger partial charge is 0.136 e. The van der Waals surface area contributed by atoms with E-state index in [9.17, 15) is 9.59 Å². The van der Waals surface area contributed by atoms with E-state index in [1.54, 1.807) is 11.1 Å². The molecule has 8 fully saturated rings. The van der Waals surface area contributed by atoms with Crippen molar-refractivity contribution >= 4 is 11.6 Å². The van der Waals surface area contributed by atoms with E-state index in [2.05, 4.69) is 39.8 Å². The summed E-state index contributed by atoms with van der Waals surface area (Å²) >= 11 is 0. The van der Waals surface area contributed by atoms with Crippen LogP contribution in [-0.2, 0) is 28.5 Å². The van der Waals surface area contributed by atoms with Gasteiger partial charge in [-0.15, -0.1) is 0 Å². The summed E-state index contributed by atoms with van der Waals surface area (Å²) in [5.41, 5.74) is 4.05. The highest BCUT2D eigenvalue weighted by Gasteiger charge is 2.78. The lowest BCUT2D eigenvalue weighted by Crippen LogP contribution is -2.55. The second kappa shape index (κ2) is 11.1. The van der Waals surface area contributed by atoms with E-state index in [0.29, 0.717) is 47.1 Å². The van der Waals surface area contributed by atoms with Crippen molar-refractivity contribution < 1.29 is 28.5 Å². The molecule has 10 aliphatic rings. The molecule has 6 heteroatoms. The lowest BCUT2D eigenvalue weighted by Gasteiger charge is -2.60. The van der Waals surface area contributed by atoms with Crippen LogP contribution in [-0.4, -0.2) is 61.4 Å². The van der Waals surface area contributed by atoms with Crippen LogP contribution >= 0.6 is 0 Å². The van der Waals surface area contributed by atoms with Gasteiger partial charge in [0.15, 0.2) is 0 Å². The highest BCUT2D eigenvalue weighted by Crippen LogP contribution is 2.74. The Morgan fingerprint density at radius 1 is 0.620 bits per heavy atom. The molecule has 12 atom stereocenters. The number of carbonyl (C=O) groups is 2. The largest absolute Gasteiger partial charge is 0.384 e. The second-order valence-corrected chi connectivity index (χ2v) is 20.1. The van der Waals surface area contributed by atoms with E-state index >= 15 is 0 Å². The minimum Gasteiger partial charge on any atom is -0.384 e. The molecular weight excluding hydrogens is 624 g/mol. The Hall–Kier alpha value is -1.34. The number of hydrogen-bond acceptors (Lipinski definition) is 6. The normalized spacial score (nSPS) is 53.9. The lowest BCUT2D eigenvalue weighted by atomic mass is 9.44. The zero-order valence-corrected chi connectivity index (χ0v) is 32.1. The van der Waals surface area contributed by atoms with Gasteiger partial charge in [0, 0.05) is 39.9 Å². The molecule has 0 amide bonds. The van der Waals surface area contributed by atoms with Crippen LogP contribution in [0.5, 0.6) is 0 Å². The van der Waals surface area contributed by atoms with Crippen LogP contribution in [0.2, 0.25) is 0 Å². The fraction of sp³-hybridized carbons (Fsp3) is 0.864. The highest BCUT2D eigenvalue weighted by molar-refractivity contribution is 5.83. The van der Waals surface area contributed by atoms with Crippen molar-refractivity contribution in [3.63, 3.8) is 0 Å². The van der Waals surface area contributed by atoms with E-state index in [1.807, 2.05) is 14.2 Å². The van der Waals surface area contributed by atoms with E-state index < -0.39 is 0 Å². The summed E-state index contributed by atoms with van der Waals surface area (Å²) < 4.78 is 24.3. The van der Waals surface area contributed by atoms with Crippen LogP contribution in [0, 0.1) is 45.3 Å². The Morgan fingerprint density at radius 2 is 1.04 bits per heavy atom. The van der Waals surface area contributed by atoms with Crippen molar-refractivity contribution in [1.82, 2.24) is 0 Å². The molecule has 2 heterocycles. The van der Waals surface area contributed by atoms with Crippen molar-refractivity contribution in [2.75, 3.05) is 27.4 Å². The quantitative estimate of drug-likeness (QED) is 0.217. The van der Waals surface area contributed by atoms with E-state index in [4.69, 9.17) is 18.9 Å². The molecule has 6 saturated carbocycles. The van der Waals surface area contributed by atoms with Crippen molar-refractivity contribution in [1.29, 1.82) is 0 Å². The average molecular weight is 689 g/mol. The molecule has 2 aliphatic heterocycles. The zero-order chi connectivity index (χ0) is 35.0. The SMILES string of the molecule is COC[C@]1(C)CCC[C@H]2[C@@H]3CC[C@@]45CC(=O)CC[C@@]4(O5)C3=CC[C@@]21C.COC[C@]1(C)CCC[C@H]2[C@@H]3CC[C@]45CC(=O)CC[C@]4(O5)C3=CC[C@@]21C. The van der Waals surface area contributed by atoms with E-state index in [0.717, 1.165) is 76.4 Å². The first-order valence-corrected chi connectivity index (χ1v) is 20.6. The van der Waals surface area contributed by atoms with Gasteiger partial charge in [-0.25, -0.2) is 0 Å². The minimum atomic E-state index is -0.108. The summed E-state index contributed by atoms with van der Waals surface area (Å²) in [6, 6.07) is 0. The standard InChI is InChI=1S/2C22H32O3/c2*1-19(14-24-3)9-4-5-17-16-7-11-21-13-15(23)6-12-22(21,25-21)18(16)8-10-20(17,19)2/h2*8,16-17H,4-7,9-14H2,1-3H3/t16-,17-,19-,20-,21+,22+;16-,17-,19-,20-,21-,22-/m00/s1. The van der Waals surface area contributed by atoms with Crippen molar-refractivity contribution in [2.24, 2.45) is 45.3 Å². The van der Waals surface area contributed by atoms with Gasteiger partial charge < -0.3 is 18.9 Å². The van der Waals surface area contributed by atoms with Gasteiger partial charge in [0.2, 0.25) is 0 Å². The number of hydrogen-bond donors (Lipinski definition) is 0. The number of fused-ring (bicyclic) bond motifs is 6. The van der Waals surface area contributed by atoms with Crippen molar-refractivity contribution in [3.8, 4) is 0 Å². The number of ketones is 2. The molecule has 0 bridgehead atoms. The summed E-state index contributed by atoms with van der Waals surface area (Å²) in [6.07, 6.45) is 24.6. The third-order valence-electron chi connectivity index (χ3n) is 18.3. The summed E-state index contributed by atoms with van der Waals surface area (Å²) in [5.74, 6) is 3.65. The summed E-state index contributed by atoms with van der Waals surface area (Å²) in [7, 11) is 3.71. The number of ether oxygens (including phenoxy) is 4. The molecule has 276 valence electrons. The molecule has 0 aromatic carbocycles. The first kappa shape index (κ1) is 34.4. The number of rotatable bonds is 4. The van der Waals surface area contributed by atoms with Crippen LogP contribution in [0.3, 0.4) is 0 Å². The van der Waals surface area contributed by atoms with Crippen LogP contribution in [0.25, 0.3) is 0 Å². The number of epoxide rings is 2. The monoisotopic (exact) mass is 688 g/mol. The zero-order valence-electron chi connectivity index (χ0n) is 32.1. The number of Topliss-reactive ketones (excluding diaryl/α,β-unsaturated/α-hetero) is 2. The van der Waals surface area contributed by atoms with Crippen LogP contribution in [0.4, 0.5) is 0 Å². The van der Waals surface area contributed by atoms with Crippen LogP contribution in [0.15, 0.2) is 23.3 Å². The third-order valence-corrected chi connectivity index (χ3v) is 18.3.